The third-order valence-corrected chi connectivity index (χ3v) is 1.77. The quantitative estimate of drug-likeness (QED) is 0.614. The Bertz CT molecular complexity index is 373. The first kappa shape index (κ1) is 11.6. The Kier molecular flexibility index (Phi) is 3.09. The minimum absolute atomic E-state index is 0.0992. The Morgan fingerprint density at radius 2 is 1.93 bits per heavy atom. The van der Waals surface area contributed by atoms with Crippen LogP contribution >= 0.6 is 0 Å². The van der Waals surface area contributed by atoms with Crippen molar-refractivity contribution in [3.05, 3.63) is 35.1 Å². The van der Waals surface area contributed by atoms with Crippen LogP contribution in [0.1, 0.15) is 17.2 Å². The van der Waals surface area contributed by atoms with Crippen LogP contribution in [-0.4, -0.2) is 11.4 Å². The highest BCUT2D eigenvalue weighted by Gasteiger charge is 2.34. The Hall–Kier alpha value is -1.43. The minimum Gasteiger partial charge on any atom is -0.381 e. The largest absolute Gasteiger partial charge is 0.419 e. The van der Waals surface area contributed by atoms with Crippen LogP contribution in [0.15, 0.2) is 18.2 Å². The second-order valence-corrected chi connectivity index (χ2v) is 2.82. The maximum atomic E-state index is 12.9. The van der Waals surface area contributed by atoms with E-state index in [1.807, 2.05) is 0 Å². The zero-order valence-corrected chi connectivity index (χ0v) is 7.25. The van der Waals surface area contributed by atoms with Gasteiger partial charge in [-0.25, -0.2) is 4.39 Å². The molecule has 0 radical (unpaired) electrons. The van der Waals surface area contributed by atoms with Crippen molar-refractivity contribution >= 4 is 6.29 Å². The van der Waals surface area contributed by atoms with E-state index in [-0.39, 0.29) is 11.8 Å². The summed E-state index contributed by atoms with van der Waals surface area (Å²) >= 11 is 0. The highest BCUT2D eigenvalue weighted by atomic mass is 19.4. The first-order chi connectivity index (χ1) is 6.86. The van der Waals surface area contributed by atoms with Gasteiger partial charge < -0.3 is 9.90 Å². The zero-order valence-electron chi connectivity index (χ0n) is 7.25. The van der Waals surface area contributed by atoms with Gasteiger partial charge in [-0.05, 0) is 17.7 Å². The van der Waals surface area contributed by atoms with Crippen molar-refractivity contribution in [2.24, 2.45) is 0 Å². The molecule has 0 amide bonds. The average Bonchev–Trinajstić information content (AvgIpc) is 2.14. The van der Waals surface area contributed by atoms with Gasteiger partial charge in [-0.15, -0.1) is 0 Å². The highest BCUT2D eigenvalue weighted by Crippen LogP contribution is 2.32. The topological polar surface area (TPSA) is 37.3 Å². The summed E-state index contributed by atoms with van der Waals surface area (Å²) < 4.78 is 49.2. The van der Waals surface area contributed by atoms with Crippen molar-refractivity contribution in [2.45, 2.75) is 12.3 Å². The van der Waals surface area contributed by atoms with E-state index in [9.17, 15) is 22.4 Å². The van der Waals surface area contributed by atoms with Gasteiger partial charge in [0.25, 0.3) is 0 Å². The number of alkyl halides is 3. The van der Waals surface area contributed by atoms with E-state index in [1.54, 1.807) is 0 Å². The minimum atomic E-state index is -4.78. The van der Waals surface area contributed by atoms with Crippen molar-refractivity contribution in [1.82, 2.24) is 0 Å². The molecule has 6 heteroatoms. The lowest BCUT2D eigenvalue weighted by molar-refractivity contribution is -0.140. The van der Waals surface area contributed by atoms with Gasteiger partial charge >= 0.3 is 6.18 Å². The van der Waals surface area contributed by atoms with E-state index < -0.39 is 23.7 Å². The molecular formula is C9H6F4O2. The van der Waals surface area contributed by atoms with E-state index in [0.29, 0.717) is 12.1 Å². The molecule has 82 valence electrons. The molecular weight excluding hydrogens is 216 g/mol. The molecule has 15 heavy (non-hydrogen) atoms. The summed E-state index contributed by atoms with van der Waals surface area (Å²) in [5.74, 6) is -1.51. The second-order valence-electron chi connectivity index (χ2n) is 2.82. The number of hydrogen-bond donors (Lipinski definition) is 1. The van der Waals surface area contributed by atoms with Crippen LogP contribution in [0, 0.1) is 5.82 Å². The van der Waals surface area contributed by atoms with Gasteiger partial charge in [-0.1, -0.05) is 6.07 Å². The molecule has 1 atom stereocenters. The van der Waals surface area contributed by atoms with Crippen molar-refractivity contribution in [1.29, 1.82) is 0 Å². The monoisotopic (exact) mass is 222 g/mol. The van der Waals surface area contributed by atoms with Gasteiger partial charge in [-0.2, -0.15) is 13.2 Å². The molecule has 0 saturated heterocycles. The van der Waals surface area contributed by atoms with E-state index in [4.69, 9.17) is 5.11 Å². The summed E-state index contributed by atoms with van der Waals surface area (Å²) in [4.78, 5) is 10.1. The number of aliphatic hydroxyl groups excluding tert-OH is 1. The number of hydrogen-bond acceptors (Lipinski definition) is 2. The summed E-state index contributed by atoms with van der Waals surface area (Å²) in [6.45, 7) is 0. The Balaban J connectivity index is 3.14. The molecule has 0 bridgehead atoms. The fraction of sp³-hybridized carbons (Fsp3) is 0.222. The van der Waals surface area contributed by atoms with Crippen LogP contribution in [0.25, 0.3) is 0 Å². The summed E-state index contributed by atoms with van der Waals surface area (Å²) in [6.07, 6.45) is -6.29. The Labute approximate surface area is 82.1 Å². The van der Waals surface area contributed by atoms with Crippen molar-refractivity contribution in [2.75, 3.05) is 0 Å². The first-order valence-electron chi connectivity index (χ1n) is 3.86. The predicted molar refractivity (Wildman–Crippen MR) is 42.4 cm³/mol. The summed E-state index contributed by atoms with van der Waals surface area (Å²) in [5, 5.41) is 8.93. The third-order valence-electron chi connectivity index (χ3n) is 1.77. The standard InChI is InChI=1S/C9H6F4O2/c10-7-3-5(8(15)4-14)1-2-6(7)9(11,12)13/h1-4,8,15H. The molecule has 1 N–H and O–H groups in total. The van der Waals surface area contributed by atoms with Gasteiger partial charge in [0.2, 0.25) is 0 Å². The van der Waals surface area contributed by atoms with Crippen LogP contribution in [-0.2, 0) is 11.0 Å². The SMILES string of the molecule is O=CC(O)c1ccc(C(F)(F)F)c(F)c1. The molecule has 1 unspecified atom stereocenters. The van der Waals surface area contributed by atoms with Gasteiger partial charge in [0.1, 0.15) is 11.9 Å². The second kappa shape index (κ2) is 3.98. The summed E-state index contributed by atoms with van der Waals surface area (Å²) in [6, 6.07) is 1.82. The molecule has 0 aliphatic heterocycles. The lowest BCUT2D eigenvalue weighted by Crippen LogP contribution is -2.09. The van der Waals surface area contributed by atoms with E-state index >= 15 is 0 Å². The van der Waals surface area contributed by atoms with Crippen molar-refractivity contribution < 1.29 is 27.5 Å². The van der Waals surface area contributed by atoms with Crippen LogP contribution in [0.4, 0.5) is 17.6 Å². The highest BCUT2D eigenvalue weighted by molar-refractivity contribution is 5.59. The van der Waals surface area contributed by atoms with Gasteiger partial charge in [0.15, 0.2) is 6.29 Å². The van der Waals surface area contributed by atoms with Crippen molar-refractivity contribution in [3.8, 4) is 0 Å². The lowest BCUT2D eigenvalue weighted by Gasteiger charge is -2.10. The fourth-order valence-corrected chi connectivity index (χ4v) is 1.02. The number of benzene rings is 1. The van der Waals surface area contributed by atoms with E-state index in [2.05, 4.69) is 0 Å². The molecule has 0 heterocycles. The molecule has 0 fully saturated rings. The molecule has 2 nitrogen and oxygen atoms in total. The third kappa shape index (κ3) is 2.53. The number of rotatable bonds is 2. The molecule has 0 aliphatic rings. The lowest BCUT2D eigenvalue weighted by atomic mass is 10.1. The Morgan fingerprint density at radius 3 is 2.33 bits per heavy atom. The van der Waals surface area contributed by atoms with Crippen LogP contribution in [0.5, 0.6) is 0 Å². The molecule has 0 aliphatic carbocycles. The maximum Gasteiger partial charge on any atom is 0.419 e. The number of aldehydes is 1. The molecule has 1 rings (SSSR count). The normalized spacial score (nSPS) is 13.7. The zero-order chi connectivity index (χ0) is 11.6. The molecule has 0 saturated carbocycles. The van der Waals surface area contributed by atoms with E-state index in [1.165, 1.54) is 0 Å². The maximum absolute atomic E-state index is 12.9. The summed E-state index contributed by atoms with van der Waals surface area (Å²) in [5.41, 5.74) is -1.64. The molecule has 0 spiro atoms. The number of halogens is 4. The first-order valence-corrected chi connectivity index (χ1v) is 3.86. The average molecular weight is 222 g/mol. The van der Waals surface area contributed by atoms with Crippen LogP contribution in [0.2, 0.25) is 0 Å². The number of carbonyl (C=O) groups excluding carboxylic acids is 1. The number of aliphatic hydroxyl groups is 1. The fourth-order valence-electron chi connectivity index (χ4n) is 1.02. The van der Waals surface area contributed by atoms with E-state index in [0.717, 1.165) is 6.07 Å². The molecule has 1 aromatic rings. The Morgan fingerprint density at radius 1 is 1.33 bits per heavy atom. The van der Waals surface area contributed by atoms with Gasteiger partial charge in [-0.3, -0.25) is 0 Å². The van der Waals surface area contributed by atoms with Gasteiger partial charge in [0, 0.05) is 0 Å². The smallest absolute Gasteiger partial charge is 0.381 e. The number of carbonyl (C=O) groups is 1. The van der Waals surface area contributed by atoms with Crippen LogP contribution < -0.4 is 0 Å². The van der Waals surface area contributed by atoms with Gasteiger partial charge in [0.05, 0.1) is 5.56 Å². The van der Waals surface area contributed by atoms with Crippen molar-refractivity contribution in [3.63, 3.8) is 0 Å². The summed E-state index contributed by atoms with van der Waals surface area (Å²) in [7, 11) is 0. The molecule has 0 aromatic heterocycles. The predicted octanol–water partition coefficient (Wildman–Crippen LogP) is 2.08. The molecule has 1 aromatic carbocycles. The van der Waals surface area contributed by atoms with Crippen LogP contribution in [0.3, 0.4) is 0 Å².